The van der Waals surface area contributed by atoms with E-state index >= 15 is 0 Å². The molecule has 0 spiro atoms. The topological polar surface area (TPSA) is 34.1 Å². The van der Waals surface area contributed by atoms with Crippen LogP contribution < -0.4 is 5.19 Å². The van der Waals surface area contributed by atoms with Crippen LogP contribution in [0.15, 0.2) is 30.3 Å². The normalized spacial score (nSPS) is 10.9. The van der Waals surface area contributed by atoms with E-state index in [2.05, 4.69) is 48.5 Å². The van der Waals surface area contributed by atoms with Gasteiger partial charge in [0.05, 0.1) is 0 Å². The Balaban J connectivity index is 2.80. The average Bonchev–Trinajstić information content (AvgIpc) is 2.37. The van der Waals surface area contributed by atoms with Gasteiger partial charge in [0.25, 0.3) is 0 Å². The van der Waals surface area contributed by atoms with E-state index in [0.717, 1.165) is 0 Å². The van der Waals surface area contributed by atoms with Crippen LogP contribution >= 0.6 is 0 Å². The van der Waals surface area contributed by atoms with Crippen molar-refractivity contribution in [3.63, 3.8) is 0 Å². The van der Waals surface area contributed by atoms with Crippen molar-refractivity contribution in [2.45, 2.75) is 20.0 Å². The molecular formula is C15H18O2SSi. The van der Waals surface area contributed by atoms with Crippen LogP contribution in [-0.2, 0) is 9.84 Å². The van der Waals surface area contributed by atoms with Crippen molar-refractivity contribution in [3.8, 4) is 23.3 Å². The number of hydrogen-bond donors (Lipinski definition) is 0. The third kappa shape index (κ3) is 5.34. The van der Waals surface area contributed by atoms with Gasteiger partial charge in [0.15, 0.2) is 17.9 Å². The summed E-state index contributed by atoms with van der Waals surface area (Å²) in [5.41, 5.74) is 3.17. The Morgan fingerprint density at radius 3 is 2.21 bits per heavy atom. The quantitative estimate of drug-likeness (QED) is 0.626. The fourth-order valence-electron chi connectivity index (χ4n) is 1.53. The summed E-state index contributed by atoms with van der Waals surface area (Å²) in [6.45, 7) is 5.87. The maximum Gasteiger partial charge on any atom is 0.172 e. The first-order valence-electron chi connectivity index (χ1n) is 6.03. The van der Waals surface area contributed by atoms with Gasteiger partial charge < -0.3 is 0 Å². The largest absolute Gasteiger partial charge is 0.227 e. The second kappa shape index (κ2) is 6.61. The number of hydrogen-bond acceptors (Lipinski definition) is 2. The highest BCUT2D eigenvalue weighted by atomic mass is 32.2. The van der Waals surface area contributed by atoms with E-state index in [0.29, 0.717) is 0 Å². The molecule has 0 saturated carbocycles. The van der Waals surface area contributed by atoms with Gasteiger partial charge in [-0.3, -0.25) is 0 Å². The van der Waals surface area contributed by atoms with Gasteiger partial charge in [-0.1, -0.05) is 55.3 Å². The van der Waals surface area contributed by atoms with Crippen LogP contribution in [0.4, 0.5) is 0 Å². The van der Waals surface area contributed by atoms with E-state index in [4.69, 9.17) is 0 Å². The standard InChI is InChI=1S/C15H18O2SSi/c1-4-5-12-18(16,17)13-9-14-19(2,3)15-10-7-6-8-11-15/h6-8,10-11H,12-13H2,1-3H3. The molecule has 19 heavy (non-hydrogen) atoms. The highest BCUT2D eigenvalue weighted by molar-refractivity contribution is 7.91. The summed E-state index contributed by atoms with van der Waals surface area (Å²) >= 11 is 0. The first-order valence-corrected chi connectivity index (χ1v) is 10.8. The maximum absolute atomic E-state index is 11.6. The first kappa shape index (κ1) is 15.6. The minimum absolute atomic E-state index is 0.106. The molecule has 0 amide bonds. The Bertz CT molecular complexity index is 638. The van der Waals surface area contributed by atoms with Gasteiger partial charge in [-0.2, -0.15) is 0 Å². The zero-order chi connectivity index (χ0) is 14.4. The molecule has 0 fully saturated rings. The third-order valence-corrected chi connectivity index (χ3v) is 6.40. The van der Waals surface area contributed by atoms with Crippen molar-refractivity contribution < 1.29 is 8.42 Å². The van der Waals surface area contributed by atoms with Crippen molar-refractivity contribution in [2.75, 3.05) is 11.5 Å². The lowest BCUT2D eigenvalue weighted by atomic mass is 10.4. The molecule has 0 aliphatic rings. The van der Waals surface area contributed by atoms with Crippen LogP contribution in [0.3, 0.4) is 0 Å². The molecule has 1 aromatic rings. The predicted molar refractivity (Wildman–Crippen MR) is 83.4 cm³/mol. The lowest BCUT2D eigenvalue weighted by Crippen LogP contribution is -2.40. The maximum atomic E-state index is 11.6. The Morgan fingerprint density at radius 1 is 1.05 bits per heavy atom. The molecule has 0 atom stereocenters. The molecule has 0 unspecified atom stereocenters. The van der Waals surface area contributed by atoms with Crippen molar-refractivity contribution in [3.05, 3.63) is 30.3 Å². The second-order valence-electron chi connectivity index (χ2n) is 4.75. The van der Waals surface area contributed by atoms with E-state index in [1.807, 2.05) is 18.2 Å². The molecule has 0 heterocycles. The highest BCUT2D eigenvalue weighted by Crippen LogP contribution is 2.01. The predicted octanol–water partition coefficient (Wildman–Crippen LogP) is 1.58. The molecule has 0 aromatic heterocycles. The fraction of sp³-hybridized carbons (Fsp3) is 0.333. The molecule has 2 nitrogen and oxygen atoms in total. The monoisotopic (exact) mass is 290 g/mol. The van der Waals surface area contributed by atoms with Crippen molar-refractivity contribution in [2.24, 2.45) is 0 Å². The summed E-state index contributed by atoms with van der Waals surface area (Å²) in [5.74, 6) is 7.78. The second-order valence-corrected chi connectivity index (χ2v) is 10.9. The zero-order valence-electron chi connectivity index (χ0n) is 11.5. The molecule has 0 aliphatic carbocycles. The zero-order valence-corrected chi connectivity index (χ0v) is 13.3. The third-order valence-electron chi connectivity index (χ3n) is 2.66. The van der Waals surface area contributed by atoms with E-state index in [-0.39, 0.29) is 11.5 Å². The fourth-order valence-corrected chi connectivity index (χ4v) is 4.11. The number of rotatable bonds is 3. The Kier molecular flexibility index (Phi) is 5.41. The molecule has 0 N–H and O–H groups in total. The lowest BCUT2D eigenvalue weighted by Gasteiger charge is -2.14. The Morgan fingerprint density at radius 2 is 1.63 bits per heavy atom. The van der Waals surface area contributed by atoms with Crippen molar-refractivity contribution in [1.29, 1.82) is 0 Å². The van der Waals surface area contributed by atoms with Crippen LogP contribution in [0, 0.1) is 23.3 Å². The minimum atomic E-state index is -3.17. The molecule has 0 aliphatic heterocycles. The summed E-state index contributed by atoms with van der Waals surface area (Å²) in [6.07, 6.45) is 0. The molecular weight excluding hydrogens is 272 g/mol. The van der Waals surface area contributed by atoms with Crippen LogP contribution in [0.25, 0.3) is 0 Å². The van der Waals surface area contributed by atoms with E-state index in [1.165, 1.54) is 5.19 Å². The average molecular weight is 290 g/mol. The van der Waals surface area contributed by atoms with Gasteiger partial charge in [-0.25, -0.2) is 8.42 Å². The molecule has 4 heteroatoms. The van der Waals surface area contributed by atoms with Crippen LogP contribution in [0.2, 0.25) is 13.1 Å². The van der Waals surface area contributed by atoms with Gasteiger partial charge in [-0.15, -0.1) is 11.5 Å². The smallest absolute Gasteiger partial charge is 0.172 e. The summed E-state index contributed by atoms with van der Waals surface area (Å²) in [6, 6.07) is 10.0. The van der Waals surface area contributed by atoms with Gasteiger partial charge in [0.1, 0.15) is 11.5 Å². The van der Waals surface area contributed by atoms with E-state index in [1.54, 1.807) is 6.92 Å². The summed E-state index contributed by atoms with van der Waals surface area (Å²) in [4.78, 5) is 0. The highest BCUT2D eigenvalue weighted by Gasteiger charge is 2.20. The van der Waals surface area contributed by atoms with Gasteiger partial charge in [0.2, 0.25) is 0 Å². The number of sulfone groups is 1. The SMILES string of the molecule is CC#CCS(=O)(=O)CC#C[Si](C)(C)c1ccccc1. The summed E-state index contributed by atoms with van der Waals surface area (Å²) in [5, 5.41) is 1.22. The first-order chi connectivity index (χ1) is 8.87. The number of benzene rings is 1. The van der Waals surface area contributed by atoms with Crippen LogP contribution in [-0.4, -0.2) is 28.0 Å². The van der Waals surface area contributed by atoms with E-state index < -0.39 is 17.9 Å². The van der Waals surface area contributed by atoms with Gasteiger partial charge in [0, 0.05) is 0 Å². The summed E-state index contributed by atoms with van der Waals surface area (Å²) < 4.78 is 23.2. The molecule has 0 bridgehead atoms. The molecule has 0 radical (unpaired) electrons. The van der Waals surface area contributed by atoms with Crippen LogP contribution in [0.5, 0.6) is 0 Å². The van der Waals surface area contributed by atoms with Crippen molar-refractivity contribution in [1.82, 2.24) is 0 Å². The molecule has 100 valence electrons. The summed E-state index contributed by atoms with van der Waals surface area (Å²) in [7, 11) is -5.05. The Labute approximate surface area is 117 Å². The van der Waals surface area contributed by atoms with Gasteiger partial charge in [-0.05, 0) is 12.1 Å². The van der Waals surface area contributed by atoms with E-state index in [9.17, 15) is 8.42 Å². The molecule has 1 rings (SSSR count). The lowest BCUT2D eigenvalue weighted by molar-refractivity contribution is 0.603. The van der Waals surface area contributed by atoms with Crippen molar-refractivity contribution >= 4 is 23.1 Å². The molecule has 1 aromatic carbocycles. The van der Waals surface area contributed by atoms with Crippen LogP contribution in [0.1, 0.15) is 6.92 Å². The van der Waals surface area contributed by atoms with Gasteiger partial charge >= 0.3 is 0 Å². The molecule has 0 saturated heterocycles. The Hall–Kier alpha value is -1.49. The minimum Gasteiger partial charge on any atom is -0.227 e.